The van der Waals surface area contributed by atoms with Crippen LogP contribution in [0.15, 0.2) is 60.7 Å². The van der Waals surface area contributed by atoms with E-state index in [9.17, 15) is 0 Å². The molecule has 9 aromatic rings. The summed E-state index contributed by atoms with van der Waals surface area (Å²) in [6.07, 6.45) is 3.50. The van der Waals surface area contributed by atoms with Crippen LogP contribution in [0.1, 0.15) is 89.6 Å². The molecule has 5 heterocycles. The zero-order chi connectivity index (χ0) is 37.6. The van der Waals surface area contributed by atoms with Crippen LogP contribution in [0, 0.1) is 27.7 Å². The minimum atomic E-state index is -0.00597. The number of hydrogen-bond acceptors (Lipinski definition) is 6. The minimum absolute atomic E-state index is 0.00105. The first-order valence-corrected chi connectivity index (χ1v) is 22.9. The van der Waals surface area contributed by atoms with Gasteiger partial charge < -0.3 is 0 Å². The van der Waals surface area contributed by atoms with Crippen LogP contribution in [0.5, 0.6) is 0 Å². The van der Waals surface area contributed by atoms with Gasteiger partial charge in [-0.15, -0.1) is 56.7 Å². The first kappa shape index (κ1) is 34.8. The van der Waals surface area contributed by atoms with E-state index in [1.54, 1.807) is 0 Å². The maximum atomic E-state index is 5.62. The van der Waals surface area contributed by atoms with E-state index in [0.717, 1.165) is 16.9 Å². The summed E-state index contributed by atoms with van der Waals surface area (Å²) in [6, 6.07) is 23.9. The largest absolute Gasteiger partial charge is 0.234 e. The molecular weight excluding hydrogens is 751 g/mol. The fraction of sp³-hybridized carbons (Fsp3) is 0.271. The van der Waals surface area contributed by atoms with Gasteiger partial charge in [-0.25, -0.2) is 4.98 Å². The van der Waals surface area contributed by atoms with Gasteiger partial charge in [0.1, 0.15) is 5.01 Å². The second-order valence-corrected chi connectivity index (χ2v) is 23.1. The summed E-state index contributed by atoms with van der Waals surface area (Å²) in [5, 5.41) is 9.37. The van der Waals surface area contributed by atoms with Crippen molar-refractivity contribution >= 4 is 111 Å². The number of aromatic nitrogens is 1. The number of aryl methyl sites for hydroxylation is 4. The Labute approximate surface area is 338 Å². The van der Waals surface area contributed by atoms with Gasteiger partial charge in [0.25, 0.3) is 0 Å². The van der Waals surface area contributed by atoms with Crippen molar-refractivity contribution in [1.29, 1.82) is 0 Å². The Morgan fingerprint density at radius 2 is 1.07 bits per heavy atom. The molecule has 10 rings (SSSR count). The number of thiazole rings is 1. The second kappa shape index (κ2) is 11.9. The highest BCUT2D eigenvalue weighted by atomic mass is 32.1. The predicted molar refractivity (Wildman–Crippen MR) is 246 cm³/mol. The summed E-state index contributed by atoms with van der Waals surface area (Å²) in [6.45, 7) is 23.1. The lowest BCUT2D eigenvalue weighted by atomic mass is 9.79. The molecule has 0 aliphatic heterocycles. The maximum Gasteiger partial charge on any atom is 0.134 e. The van der Waals surface area contributed by atoms with Crippen molar-refractivity contribution in [2.45, 2.75) is 86.5 Å². The summed E-state index contributed by atoms with van der Waals surface area (Å²) >= 11 is 9.54. The van der Waals surface area contributed by atoms with Crippen LogP contribution in [0.3, 0.4) is 0 Å². The summed E-state index contributed by atoms with van der Waals surface area (Å²) in [4.78, 5) is 16.5. The van der Waals surface area contributed by atoms with Crippen molar-refractivity contribution in [1.82, 2.24) is 4.98 Å². The topological polar surface area (TPSA) is 12.9 Å². The van der Waals surface area contributed by atoms with E-state index in [-0.39, 0.29) is 10.8 Å². The van der Waals surface area contributed by atoms with Gasteiger partial charge in [0, 0.05) is 51.3 Å². The molecule has 5 aromatic heterocycles. The standard InChI is InChI=1S/C48H43NS5/c1-23-15-38(52-43(23)36-13-11-25(3)50-36)27-17-30-31(18-27)33-20-29(48(8,9)10)22-35-41(33)40-32(30)19-28(47(5,6)7)21-34(40)42-45(35)54-46(49-42)39-16-24(2)44(53-39)37-14-12-26(4)51-37/h11-16,18-22H,17H2,1-10H3. The third kappa shape index (κ3) is 5.35. The highest BCUT2D eigenvalue weighted by Gasteiger charge is 2.30. The van der Waals surface area contributed by atoms with E-state index < -0.39 is 0 Å². The van der Waals surface area contributed by atoms with Crippen LogP contribution in [0.25, 0.3) is 83.6 Å². The zero-order valence-electron chi connectivity index (χ0n) is 32.5. The Balaban J connectivity index is 1.27. The molecule has 0 saturated heterocycles. The summed E-state index contributed by atoms with van der Waals surface area (Å²) in [5.74, 6) is 0. The molecule has 0 radical (unpaired) electrons. The fourth-order valence-corrected chi connectivity index (χ4v) is 14.0. The van der Waals surface area contributed by atoms with Crippen molar-refractivity contribution in [3.05, 3.63) is 109 Å². The van der Waals surface area contributed by atoms with Gasteiger partial charge in [0.05, 0.1) is 15.1 Å². The molecule has 0 spiro atoms. The molecule has 0 amide bonds. The molecule has 54 heavy (non-hydrogen) atoms. The minimum Gasteiger partial charge on any atom is -0.234 e. The summed E-state index contributed by atoms with van der Waals surface area (Å²) in [5.41, 5.74) is 10.9. The lowest BCUT2D eigenvalue weighted by Gasteiger charge is -2.25. The number of fused-ring (bicyclic) bond motifs is 6. The van der Waals surface area contributed by atoms with Gasteiger partial charge in [0.2, 0.25) is 0 Å². The van der Waals surface area contributed by atoms with E-state index in [1.807, 2.05) is 56.7 Å². The molecule has 0 saturated carbocycles. The third-order valence-electron chi connectivity index (χ3n) is 11.3. The predicted octanol–water partition coefficient (Wildman–Crippen LogP) is 16.4. The van der Waals surface area contributed by atoms with Crippen molar-refractivity contribution in [2.75, 3.05) is 0 Å². The van der Waals surface area contributed by atoms with Gasteiger partial charge in [-0.1, -0.05) is 47.6 Å². The van der Waals surface area contributed by atoms with E-state index in [2.05, 4.69) is 136 Å². The molecule has 0 atom stereocenters. The molecule has 1 nitrogen and oxygen atoms in total. The first-order chi connectivity index (χ1) is 25.6. The average Bonchev–Trinajstić information content (AvgIpc) is 3.96. The van der Waals surface area contributed by atoms with Gasteiger partial charge in [-0.05, 0) is 160 Å². The molecule has 0 N–H and O–H groups in total. The van der Waals surface area contributed by atoms with Gasteiger partial charge in [-0.3, -0.25) is 0 Å². The lowest BCUT2D eigenvalue weighted by molar-refractivity contribution is 0.591. The molecule has 4 aromatic carbocycles. The van der Waals surface area contributed by atoms with Gasteiger partial charge in [0.15, 0.2) is 0 Å². The van der Waals surface area contributed by atoms with Crippen LogP contribution in [0.2, 0.25) is 0 Å². The number of benzene rings is 4. The number of rotatable bonds is 4. The van der Waals surface area contributed by atoms with Crippen LogP contribution in [-0.4, -0.2) is 4.98 Å². The van der Waals surface area contributed by atoms with Crippen LogP contribution in [0.4, 0.5) is 0 Å². The van der Waals surface area contributed by atoms with Crippen molar-refractivity contribution in [2.24, 2.45) is 0 Å². The SMILES string of the molecule is Cc1ccc(-c2sc(C3=Cc4c(c5cc(C(C)(C)C)cc6c7nc(-c8cc(C)c(-c9ccc(C)s9)s8)sc7c7cc(C(C)(C)C)cc4c7c56)C3)cc2C)s1. The summed E-state index contributed by atoms with van der Waals surface area (Å²) < 4.78 is 1.31. The number of hydrogen-bond donors (Lipinski definition) is 0. The Bertz CT molecular complexity index is 3020. The highest BCUT2D eigenvalue weighted by molar-refractivity contribution is 7.28. The van der Waals surface area contributed by atoms with Gasteiger partial charge in [-0.2, -0.15) is 0 Å². The molecule has 0 fully saturated rings. The maximum absolute atomic E-state index is 5.62. The fourth-order valence-electron chi connectivity index (χ4n) is 8.36. The molecule has 270 valence electrons. The Morgan fingerprint density at radius 3 is 1.67 bits per heavy atom. The number of nitrogens with zero attached hydrogens (tertiary/aromatic N) is 1. The molecule has 1 aliphatic carbocycles. The van der Waals surface area contributed by atoms with Crippen LogP contribution < -0.4 is 0 Å². The van der Waals surface area contributed by atoms with E-state index in [4.69, 9.17) is 4.98 Å². The zero-order valence-corrected chi connectivity index (χ0v) is 36.6. The smallest absolute Gasteiger partial charge is 0.134 e. The van der Waals surface area contributed by atoms with Gasteiger partial charge >= 0.3 is 0 Å². The van der Waals surface area contributed by atoms with E-state index in [0.29, 0.717) is 0 Å². The first-order valence-electron chi connectivity index (χ1n) is 18.8. The molecular formula is C48H43NS5. The second-order valence-electron chi connectivity index (χ2n) is 17.4. The average molecular weight is 794 g/mol. The normalized spacial score (nSPS) is 13.8. The van der Waals surface area contributed by atoms with Crippen molar-refractivity contribution in [3.8, 4) is 29.4 Å². The Morgan fingerprint density at radius 1 is 0.537 bits per heavy atom. The molecule has 1 aliphatic rings. The third-order valence-corrected chi connectivity index (χ3v) is 17.5. The quantitative estimate of drug-likeness (QED) is 0.162. The molecule has 6 heteroatoms. The highest BCUT2D eigenvalue weighted by Crippen LogP contribution is 2.53. The summed E-state index contributed by atoms with van der Waals surface area (Å²) in [7, 11) is 0. The van der Waals surface area contributed by atoms with Crippen LogP contribution >= 0.6 is 56.7 Å². The lowest BCUT2D eigenvalue weighted by Crippen LogP contribution is -2.12. The monoisotopic (exact) mass is 793 g/mol. The van der Waals surface area contributed by atoms with E-state index in [1.165, 1.54) is 115 Å². The van der Waals surface area contributed by atoms with Crippen LogP contribution in [-0.2, 0) is 17.3 Å². The number of thiophene rings is 4. The number of allylic oxidation sites excluding steroid dienone is 1. The molecule has 0 unspecified atom stereocenters. The van der Waals surface area contributed by atoms with Crippen molar-refractivity contribution < 1.29 is 0 Å². The Hall–Kier alpha value is -3.65. The Kier molecular flexibility index (Phi) is 7.69. The van der Waals surface area contributed by atoms with Crippen molar-refractivity contribution in [3.63, 3.8) is 0 Å². The molecule has 0 bridgehead atoms. The van der Waals surface area contributed by atoms with E-state index >= 15 is 0 Å².